The van der Waals surface area contributed by atoms with Gasteiger partial charge in [0.25, 0.3) is 0 Å². The highest BCUT2D eigenvalue weighted by Gasteiger charge is 2.15. The first-order valence-corrected chi connectivity index (χ1v) is 9.99. The van der Waals surface area contributed by atoms with Crippen molar-refractivity contribution in [2.45, 2.75) is 39.3 Å². The lowest BCUT2D eigenvalue weighted by atomic mass is 10.1. The van der Waals surface area contributed by atoms with E-state index in [1.807, 2.05) is 54.8 Å². The molecule has 0 unspecified atom stereocenters. The maximum absolute atomic E-state index is 12.5. The van der Waals surface area contributed by atoms with Crippen molar-refractivity contribution >= 4 is 23.4 Å². The van der Waals surface area contributed by atoms with Gasteiger partial charge in [0.05, 0.1) is 11.4 Å². The standard InChI is InChI=1S/C21H24N4OS/c1-5-17-11-8-10-15(3)20(17)22-19(26)13-27-21-24-23-16(4)25(21)18-12-7-6-9-14(18)2/h6-12H,5,13H2,1-4H3,(H,22,26). The molecule has 0 bridgehead atoms. The normalized spacial score (nSPS) is 10.8. The fraction of sp³-hybridized carbons (Fsp3) is 0.286. The highest BCUT2D eigenvalue weighted by Crippen LogP contribution is 2.25. The number of carbonyl (C=O) groups is 1. The van der Waals surface area contributed by atoms with Crippen LogP contribution in [0.1, 0.15) is 29.4 Å². The topological polar surface area (TPSA) is 59.8 Å². The predicted octanol–water partition coefficient (Wildman–Crippen LogP) is 4.49. The minimum Gasteiger partial charge on any atom is -0.325 e. The van der Waals surface area contributed by atoms with E-state index in [0.29, 0.717) is 0 Å². The maximum Gasteiger partial charge on any atom is 0.234 e. The number of nitrogens with zero attached hydrogens (tertiary/aromatic N) is 3. The molecule has 0 atom stereocenters. The van der Waals surface area contributed by atoms with Gasteiger partial charge in [0.2, 0.25) is 5.91 Å². The number of amides is 1. The predicted molar refractivity (Wildman–Crippen MR) is 111 cm³/mol. The van der Waals surface area contributed by atoms with E-state index in [-0.39, 0.29) is 11.7 Å². The van der Waals surface area contributed by atoms with Crippen molar-refractivity contribution < 1.29 is 4.79 Å². The SMILES string of the molecule is CCc1cccc(C)c1NC(=O)CSc1nnc(C)n1-c1ccccc1C. The van der Waals surface area contributed by atoms with Crippen molar-refractivity contribution in [1.82, 2.24) is 14.8 Å². The number of aryl methyl sites for hydroxylation is 4. The molecule has 2 aromatic carbocycles. The molecule has 6 heteroatoms. The molecule has 140 valence electrons. The number of anilines is 1. The van der Waals surface area contributed by atoms with Crippen molar-refractivity contribution in [2.24, 2.45) is 0 Å². The Morgan fingerprint density at radius 2 is 1.78 bits per heavy atom. The van der Waals surface area contributed by atoms with Gasteiger partial charge in [-0.05, 0) is 49.9 Å². The van der Waals surface area contributed by atoms with Crippen molar-refractivity contribution in [3.8, 4) is 5.69 Å². The molecule has 5 nitrogen and oxygen atoms in total. The van der Waals surface area contributed by atoms with E-state index in [4.69, 9.17) is 0 Å². The highest BCUT2D eigenvalue weighted by atomic mass is 32.2. The molecule has 3 rings (SSSR count). The fourth-order valence-corrected chi connectivity index (χ4v) is 3.83. The van der Waals surface area contributed by atoms with Crippen LogP contribution in [0.4, 0.5) is 5.69 Å². The number of para-hydroxylation sites is 2. The van der Waals surface area contributed by atoms with Crippen molar-refractivity contribution in [3.63, 3.8) is 0 Å². The van der Waals surface area contributed by atoms with Crippen LogP contribution in [0.15, 0.2) is 47.6 Å². The first-order chi connectivity index (χ1) is 13.0. The minimum atomic E-state index is -0.0408. The van der Waals surface area contributed by atoms with E-state index < -0.39 is 0 Å². The van der Waals surface area contributed by atoms with Crippen LogP contribution in [0.25, 0.3) is 5.69 Å². The maximum atomic E-state index is 12.5. The zero-order chi connectivity index (χ0) is 19.4. The second kappa shape index (κ2) is 8.39. The van der Waals surface area contributed by atoms with Gasteiger partial charge in [-0.3, -0.25) is 9.36 Å². The van der Waals surface area contributed by atoms with Crippen LogP contribution in [0, 0.1) is 20.8 Å². The van der Waals surface area contributed by atoms with Crippen LogP contribution < -0.4 is 5.32 Å². The van der Waals surface area contributed by atoms with Gasteiger partial charge in [0, 0.05) is 5.69 Å². The van der Waals surface area contributed by atoms with Gasteiger partial charge in [-0.1, -0.05) is 55.1 Å². The van der Waals surface area contributed by atoms with Gasteiger partial charge in [-0.25, -0.2) is 0 Å². The van der Waals surface area contributed by atoms with Gasteiger partial charge >= 0.3 is 0 Å². The Kier molecular flexibility index (Phi) is 5.96. The molecule has 1 aromatic heterocycles. The number of nitrogens with one attached hydrogen (secondary N) is 1. The Balaban J connectivity index is 1.75. The Bertz CT molecular complexity index is 965. The van der Waals surface area contributed by atoms with Crippen molar-refractivity contribution in [1.29, 1.82) is 0 Å². The average Bonchev–Trinajstić information content (AvgIpc) is 3.02. The fourth-order valence-electron chi connectivity index (χ4n) is 3.04. The Morgan fingerprint density at radius 1 is 1.04 bits per heavy atom. The molecule has 1 heterocycles. The molecule has 1 amide bonds. The van der Waals surface area contributed by atoms with Gasteiger partial charge in [0.1, 0.15) is 5.82 Å². The second-order valence-electron chi connectivity index (χ2n) is 6.45. The van der Waals surface area contributed by atoms with Crippen LogP contribution in [0.3, 0.4) is 0 Å². The lowest BCUT2D eigenvalue weighted by Crippen LogP contribution is -2.16. The number of aromatic nitrogens is 3. The zero-order valence-corrected chi connectivity index (χ0v) is 16.9. The highest BCUT2D eigenvalue weighted by molar-refractivity contribution is 7.99. The van der Waals surface area contributed by atoms with E-state index in [9.17, 15) is 4.79 Å². The van der Waals surface area contributed by atoms with Crippen molar-refractivity contribution in [3.05, 3.63) is 65.0 Å². The van der Waals surface area contributed by atoms with E-state index >= 15 is 0 Å². The molecular formula is C21H24N4OS. The first kappa shape index (κ1) is 19.2. The van der Waals surface area contributed by atoms with Crippen LogP contribution >= 0.6 is 11.8 Å². The zero-order valence-electron chi connectivity index (χ0n) is 16.1. The third kappa shape index (κ3) is 4.22. The molecule has 27 heavy (non-hydrogen) atoms. The van der Waals surface area contributed by atoms with E-state index in [0.717, 1.165) is 45.5 Å². The smallest absolute Gasteiger partial charge is 0.234 e. The number of rotatable bonds is 6. The van der Waals surface area contributed by atoms with Crippen LogP contribution in [0.5, 0.6) is 0 Å². The summed E-state index contributed by atoms with van der Waals surface area (Å²) >= 11 is 1.40. The third-order valence-electron chi connectivity index (χ3n) is 4.49. The molecule has 0 aliphatic rings. The first-order valence-electron chi connectivity index (χ1n) is 9.00. The van der Waals surface area contributed by atoms with Crippen LogP contribution in [-0.2, 0) is 11.2 Å². The number of thioether (sulfide) groups is 1. The Hall–Kier alpha value is -2.60. The van der Waals surface area contributed by atoms with E-state index in [1.165, 1.54) is 11.8 Å². The summed E-state index contributed by atoms with van der Waals surface area (Å²) in [6.07, 6.45) is 0.880. The van der Waals surface area contributed by atoms with Crippen LogP contribution in [-0.4, -0.2) is 26.4 Å². The molecule has 0 aliphatic heterocycles. The molecule has 0 spiro atoms. The molecule has 0 saturated carbocycles. The van der Waals surface area contributed by atoms with E-state index in [2.05, 4.69) is 35.4 Å². The summed E-state index contributed by atoms with van der Waals surface area (Å²) in [6, 6.07) is 14.2. The molecule has 0 aliphatic carbocycles. The lowest BCUT2D eigenvalue weighted by molar-refractivity contribution is -0.113. The monoisotopic (exact) mass is 380 g/mol. The largest absolute Gasteiger partial charge is 0.325 e. The molecule has 1 N–H and O–H groups in total. The number of hydrogen-bond donors (Lipinski definition) is 1. The minimum absolute atomic E-state index is 0.0408. The average molecular weight is 381 g/mol. The van der Waals surface area contributed by atoms with Crippen LogP contribution in [0.2, 0.25) is 0 Å². The molecule has 3 aromatic rings. The molecule has 0 fully saturated rings. The van der Waals surface area contributed by atoms with E-state index in [1.54, 1.807) is 0 Å². The molecule has 0 radical (unpaired) electrons. The summed E-state index contributed by atoms with van der Waals surface area (Å²) in [5.41, 5.74) is 5.32. The Labute approximate surface area is 164 Å². The summed E-state index contributed by atoms with van der Waals surface area (Å²) in [6.45, 7) is 8.08. The van der Waals surface area contributed by atoms with Crippen molar-refractivity contribution in [2.75, 3.05) is 11.1 Å². The lowest BCUT2D eigenvalue weighted by Gasteiger charge is -2.13. The quantitative estimate of drug-likeness (QED) is 0.640. The number of benzene rings is 2. The van der Waals surface area contributed by atoms with Gasteiger partial charge < -0.3 is 5.32 Å². The second-order valence-corrected chi connectivity index (χ2v) is 7.39. The van der Waals surface area contributed by atoms with Gasteiger partial charge in [-0.15, -0.1) is 10.2 Å². The third-order valence-corrected chi connectivity index (χ3v) is 5.42. The summed E-state index contributed by atoms with van der Waals surface area (Å²) in [5, 5.41) is 12.2. The number of carbonyl (C=O) groups excluding carboxylic acids is 1. The number of hydrogen-bond acceptors (Lipinski definition) is 4. The summed E-state index contributed by atoms with van der Waals surface area (Å²) in [4.78, 5) is 12.5. The molecule has 0 saturated heterocycles. The Morgan fingerprint density at radius 3 is 2.52 bits per heavy atom. The van der Waals surface area contributed by atoms with Gasteiger partial charge in [-0.2, -0.15) is 0 Å². The summed E-state index contributed by atoms with van der Waals surface area (Å²) < 4.78 is 2.00. The summed E-state index contributed by atoms with van der Waals surface area (Å²) in [5.74, 6) is 1.04. The summed E-state index contributed by atoms with van der Waals surface area (Å²) in [7, 11) is 0. The molecular weight excluding hydrogens is 356 g/mol. The van der Waals surface area contributed by atoms with Gasteiger partial charge in [0.15, 0.2) is 5.16 Å².